The molecule has 4 aliphatic rings. The van der Waals surface area contributed by atoms with Gasteiger partial charge in [-0.25, -0.2) is 0 Å². The van der Waals surface area contributed by atoms with E-state index in [1.165, 1.54) is 25.7 Å². The number of likely N-dealkylation sites (tertiary alicyclic amines) is 1. The van der Waals surface area contributed by atoms with Gasteiger partial charge in [-0.1, -0.05) is 0 Å². The lowest BCUT2D eigenvalue weighted by Crippen LogP contribution is -2.42. The van der Waals surface area contributed by atoms with Crippen molar-refractivity contribution in [2.45, 2.75) is 57.3 Å². The molecule has 0 amide bonds. The van der Waals surface area contributed by atoms with Gasteiger partial charge in [0.2, 0.25) is 0 Å². The van der Waals surface area contributed by atoms with Crippen LogP contribution in [0, 0.1) is 11.8 Å². The molecule has 6 heteroatoms. The molecule has 5 nitrogen and oxygen atoms in total. The third-order valence-electron chi connectivity index (χ3n) is 5.81. The summed E-state index contributed by atoms with van der Waals surface area (Å²) in [5, 5.41) is 3.48. The van der Waals surface area contributed by atoms with E-state index in [0.29, 0.717) is 18.3 Å². The van der Waals surface area contributed by atoms with Gasteiger partial charge < -0.3 is 19.7 Å². The topological polar surface area (TPSA) is 46.1 Å². The maximum Gasteiger partial charge on any atom is 0.194 e. The van der Waals surface area contributed by atoms with E-state index in [4.69, 9.17) is 14.5 Å². The summed E-state index contributed by atoms with van der Waals surface area (Å²) in [6.45, 7) is 7.02. The molecule has 0 aromatic carbocycles. The average molecular weight is 435 g/mol. The highest BCUT2D eigenvalue weighted by Gasteiger charge is 2.53. The van der Waals surface area contributed by atoms with Crippen LogP contribution in [-0.2, 0) is 9.47 Å². The van der Waals surface area contributed by atoms with Crippen molar-refractivity contribution in [3.05, 3.63) is 0 Å². The molecular weight excluding hydrogens is 405 g/mol. The SMILES string of the molecule is CCNC(=NCC1CCCCO1)N1CC2C3CCC(O3)C2C1.I. The lowest BCUT2D eigenvalue weighted by molar-refractivity contribution is 0.0223. The van der Waals surface area contributed by atoms with Gasteiger partial charge in [0, 0.05) is 38.1 Å². The molecule has 0 aliphatic carbocycles. The van der Waals surface area contributed by atoms with Crippen LogP contribution >= 0.6 is 24.0 Å². The van der Waals surface area contributed by atoms with Crippen molar-refractivity contribution in [2.75, 3.05) is 32.8 Å². The maximum atomic E-state index is 6.08. The molecule has 5 unspecified atom stereocenters. The van der Waals surface area contributed by atoms with Gasteiger partial charge >= 0.3 is 0 Å². The van der Waals surface area contributed by atoms with Gasteiger partial charge in [0.05, 0.1) is 24.9 Å². The summed E-state index contributed by atoms with van der Waals surface area (Å²) in [6, 6.07) is 0. The first-order valence-electron chi connectivity index (χ1n) is 9.15. The molecule has 5 atom stereocenters. The van der Waals surface area contributed by atoms with E-state index in [0.717, 1.165) is 57.0 Å². The smallest absolute Gasteiger partial charge is 0.194 e. The van der Waals surface area contributed by atoms with Gasteiger partial charge in [-0.05, 0) is 39.0 Å². The van der Waals surface area contributed by atoms with Crippen LogP contribution < -0.4 is 5.32 Å². The number of aliphatic imine (C=N–C) groups is 1. The Kier molecular flexibility index (Phi) is 6.07. The summed E-state index contributed by atoms with van der Waals surface area (Å²) in [7, 11) is 0. The number of nitrogens with zero attached hydrogens (tertiary/aromatic N) is 2. The van der Waals surface area contributed by atoms with Gasteiger partial charge in [-0.2, -0.15) is 0 Å². The van der Waals surface area contributed by atoms with Crippen LogP contribution in [0.5, 0.6) is 0 Å². The summed E-state index contributed by atoms with van der Waals surface area (Å²) in [6.07, 6.45) is 7.54. The van der Waals surface area contributed by atoms with Gasteiger partial charge in [0.15, 0.2) is 5.96 Å². The van der Waals surface area contributed by atoms with Crippen molar-refractivity contribution in [3.8, 4) is 0 Å². The maximum absolute atomic E-state index is 6.08. The Labute approximate surface area is 156 Å². The number of halogens is 1. The van der Waals surface area contributed by atoms with Crippen molar-refractivity contribution >= 4 is 29.9 Å². The second-order valence-electron chi connectivity index (χ2n) is 7.21. The zero-order valence-electron chi connectivity index (χ0n) is 14.1. The molecule has 0 saturated carbocycles. The number of nitrogens with one attached hydrogen (secondary N) is 1. The fraction of sp³-hybridized carbons (Fsp3) is 0.941. The lowest BCUT2D eigenvalue weighted by atomic mass is 9.82. The van der Waals surface area contributed by atoms with Crippen molar-refractivity contribution in [1.29, 1.82) is 0 Å². The first-order chi connectivity index (χ1) is 10.8. The van der Waals surface area contributed by atoms with E-state index in [-0.39, 0.29) is 24.0 Å². The molecule has 0 aromatic heterocycles. The van der Waals surface area contributed by atoms with Crippen LogP contribution in [0.1, 0.15) is 39.0 Å². The molecule has 2 bridgehead atoms. The Morgan fingerprint density at radius 1 is 1.13 bits per heavy atom. The molecular formula is C17H30IN3O2. The number of hydrogen-bond acceptors (Lipinski definition) is 3. The van der Waals surface area contributed by atoms with Crippen LogP contribution in [0.2, 0.25) is 0 Å². The standard InChI is InChI=1S/C17H29N3O2.HI/c1-2-18-17(19-9-12-5-3-4-8-21-12)20-10-13-14(11-20)16-7-6-15(13)22-16;/h12-16H,2-11H2,1H3,(H,18,19);1H. The number of ether oxygens (including phenoxy) is 2. The van der Waals surface area contributed by atoms with Gasteiger partial charge in [-0.3, -0.25) is 4.99 Å². The molecule has 4 fully saturated rings. The minimum absolute atomic E-state index is 0. The highest BCUT2D eigenvalue weighted by Crippen LogP contribution is 2.47. The summed E-state index contributed by atoms with van der Waals surface area (Å²) < 4.78 is 11.9. The Morgan fingerprint density at radius 3 is 2.48 bits per heavy atom. The summed E-state index contributed by atoms with van der Waals surface area (Å²) in [5.74, 6) is 2.55. The Bertz CT molecular complexity index is 410. The number of hydrogen-bond donors (Lipinski definition) is 1. The zero-order chi connectivity index (χ0) is 14.9. The van der Waals surface area contributed by atoms with E-state index < -0.39 is 0 Å². The second kappa shape index (κ2) is 7.87. The lowest BCUT2D eigenvalue weighted by Gasteiger charge is -2.25. The monoisotopic (exact) mass is 435 g/mol. The highest BCUT2D eigenvalue weighted by molar-refractivity contribution is 14.0. The third kappa shape index (κ3) is 3.63. The molecule has 132 valence electrons. The first-order valence-corrected chi connectivity index (χ1v) is 9.15. The molecule has 4 aliphatic heterocycles. The predicted octanol–water partition coefficient (Wildman–Crippen LogP) is 2.25. The fourth-order valence-corrected chi connectivity index (χ4v) is 4.70. The molecule has 0 radical (unpaired) electrons. The number of rotatable bonds is 3. The van der Waals surface area contributed by atoms with Crippen LogP contribution in [0.4, 0.5) is 0 Å². The number of fused-ring (bicyclic) bond motifs is 5. The zero-order valence-corrected chi connectivity index (χ0v) is 16.4. The van der Waals surface area contributed by atoms with E-state index in [1.807, 2.05) is 0 Å². The predicted molar refractivity (Wildman–Crippen MR) is 101 cm³/mol. The van der Waals surface area contributed by atoms with Crippen molar-refractivity contribution in [3.63, 3.8) is 0 Å². The normalized spacial score (nSPS) is 39.3. The summed E-state index contributed by atoms with van der Waals surface area (Å²) in [5.41, 5.74) is 0. The van der Waals surface area contributed by atoms with Gasteiger partial charge in [0.25, 0.3) is 0 Å². The number of guanidine groups is 1. The highest BCUT2D eigenvalue weighted by atomic mass is 127. The molecule has 0 aromatic rings. The van der Waals surface area contributed by atoms with Crippen LogP contribution in [-0.4, -0.2) is 62.0 Å². The van der Waals surface area contributed by atoms with Crippen LogP contribution in [0.3, 0.4) is 0 Å². The van der Waals surface area contributed by atoms with Crippen LogP contribution in [0.25, 0.3) is 0 Å². The molecule has 1 N–H and O–H groups in total. The molecule has 4 rings (SSSR count). The molecule has 23 heavy (non-hydrogen) atoms. The van der Waals surface area contributed by atoms with E-state index in [1.54, 1.807) is 0 Å². The van der Waals surface area contributed by atoms with E-state index in [9.17, 15) is 0 Å². The first kappa shape index (κ1) is 17.7. The Hall–Kier alpha value is -0.0800. The minimum Gasteiger partial charge on any atom is -0.376 e. The second-order valence-corrected chi connectivity index (χ2v) is 7.21. The molecule has 4 heterocycles. The molecule has 4 saturated heterocycles. The van der Waals surface area contributed by atoms with Crippen molar-refractivity contribution in [2.24, 2.45) is 16.8 Å². The summed E-state index contributed by atoms with van der Waals surface area (Å²) in [4.78, 5) is 7.35. The van der Waals surface area contributed by atoms with Gasteiger partial charge in [-0.15, -0.1) is 24.0 Å². The molecule has 0 spiro atoms. The van der Waals surface area contributed by atoms with Crippen molar-refractivity contribution < 1.29 is 9.47 Å². The fourth-order valence-electron chi connectivity index (χ4n) is 4.70. The average Bonchev–Trinajstić information content (AvgIpc) is 3.24. The summed E-state index contributed by atoms with van der Waals surface area (Å²) >= 11 is 0. The van der Waals surface area contributed by atoms with E-state index >= 15 is 0 Å². The van der Waals surface area contributed by atoms with Crippen LogP contribution in [0.15, 0.2) is 4.99 Å². The Morgan fingerprint density at radius 2 is 1.87 bits per heavy atom. The quantitative estimate of drug-likeness (QED) is 0.420. The minimum atomic E-state index is 0. The van der Waals surface area contributed by atoms with E-state index in [2.05, 4.69) is 17.1 Å². The van der Waals surface area contributed by atoms with Crippen molar-refractivity contribution in [1.82, 2.24) is 10.2 Å². The largest absolute Gasteiger partial charge is 0.376 e. The Balaban J connectivity index is 0.00000156. The third-order valence-corrected chi connectivity index (χ3v) is 5.81. The van der Waals surface area contributed by atoms with Gasteiger partial charge in [0.1, 0.15) is 0 Å².